The molecule has 0 aromatic heterocycles. The highest BCUT2D eigenvalue weighted by Gasteiger charge is 2.07. The first-order chi connectivity index (χ1) is 11.8. The largest absolute Gasteiger partial charge is 0.398 e. The second-order valence-corrected chi connectivity index (χ2v) is 6.73. The van der Waals surface area contributed by atoms with Crippen molar-refractivity contribution in [3.05, 3.63) is 29.8 Å². The maximum absolute atomic E-state index is 12.0. The van der Waals surface area contributed by atoms with Gasteiger partial charge in [-0.05, 0) is 18.6 Å². The number of carbonyl (C=O) groups excluding carboxylic acids is 1. The fraction of sp³-hybridized carbons (Fsp3) is 0.667. The van der Waals surface area contributed by atoms with Crippen molar-refractivity contribution in [1.82, 2.24) is 5.32 Å². The van der Waals surface area contributed by atoms with E-state index >= 15 is 0 Å². The fourth-order valence-electron chi connectivity index (χ4n) is 2.97. The van der Waals surface area contributed by atoms with Crippen molar-refractivity contribution in [2.24, 2.45) is 0 Å². The molecule has 0 saturated carbocycles. The number of para-hydroxylation sites is 1. The van der Waals surface area contributed by atoms with Crippen LogP contribution in [0.3, 0.4) is 0 Å². The third-order valence-electron chi connectivity index (χ3n) is 4.52. The van der Waals surface area contributed by atoms with Crippen LogP contribution in [-0.4, -0.2) is 12.5 Å². The van der Waals surface area contributed by atoms with Crippen LogP contribution in [0.2, 0.25) is 0 Å². The number of amides is 1. The summed E-state index contributed by atoms with van der Waals surface area (Å²) in [5.41, 5.74) is 6.93. The summed E-state index contributed by atoms with van der Waals surface area (Å²) in [5.74, 6) is -0.0591. The number of hydrogen-bond acceptors (Lipinski definition) is 2. The predicted molar refractivity (Wildman–Crippen MR) is 104 cm³/mol. The molecule has 1 rings (SSSR count). The summed E-state index contributed by atoms with van der Waals surface area (Å²) in [4.78, 5) is 12.0. The first-order valence-electron chi connectivity index (χ1n) is 9.88. The summed E-state index contributed by atoms with van der Waals surface area (Å²) in [6.45, 7) is 3.01. The average molecular weight is 333 g/mol. The molecule has 1 amide bonds. The predicted octanol–water partition coefficient (Wildman–Crippen LogP) is 5.70. The molecule has 0 fully saturated rings. The normalized spacial score (nSPS) is 10.7. The Hall–Kier alpha value is -1.51. The Morgan fingerprint density at radius 1 is 0.833 bits per heavy atom. The summed E-state index contributed by atoms with van der Waals surface area (Å²) < 4.78 is 0. The molecule has 0 unspecified atom stereocenters. The van der Waals surface area contributed by atoms with Gasteiger partial charge in [0.15, 0.2) is 0 Å². The lowest BCUT2D eigenvalue weighted by molar-refractivity contribution is 0.0954. The Morgan fingerprint density at radius 3 is 1.88 bits per heavy atom. The van der Waals surface area contributed by atoms with Gasteiger partial charge in [0.1, 0.15) is 0 Å². The van der Waals surface area contributed by atoms with Crippen molar-refractivity contribution in [3.63, 3.8) is 0 Å². The van der Waals surface area contributed by atoms with Gasteiger partial charge in [0, 0.05) is 12.2 Å². The molecule has 0 radical (unpaired) electrons. The van der Waals surface area contributed by atoms with Gasteiger partial charge < -0.3 is 11.1 Å². The molecule has 0 aliphatic carbocycles. The molecular formula is C21H36N2O. The highest BCUT2D eigenvalue weighted by molar-refractivity contribution is 5.98. The Bertz CT molecular complexity index is 445. The standard InChI is InChI=1S/C21H36N2O/c1-2-3-4-5-6-7-8-9-10-11-12-15-18-23-21(24)19-16-13-14-17-20(19)22/h13-14,16-17H,2-12,15,18,22H2,1H3,(H,23,24). The average Bonchev–Trinajstić information content (AvgIpc) is 2.59. The Labute approximate surface area is 148 Å². The SMILES string of the molecule is CCCCCCCCCCCCCCNC(=O)c1ccccc1N. The Morgan fingerprint density at radius 2 is 1.33 bits per heavy atom. The van der Waals surface area contributed by atoms with Gasteiger partial charge in [0.25, 0.3) is 5.91 Å². The summed E-state index contributed by atoms with van der Waals surface area (Å²) >= 11 is 0. The Balaban J connectivity index is 1.89. The molecule has 0 bridgehead atoms. The van der Waals surface area contributed by atoms with E-state index in [1.165, 1.54) is 70.6 Å². The molecular weight excluding hydrogens is 296 g/mol. The molecule has 0 heterocycles. The molecule has 3 heteroatoms. The molecule has 1 aromatic rings. The van der Waals surface area contributed by atoms with E-state index in [0.717, 1.165) is 13.0 Å². The molecule has 24 heavy (non-hydrogen) atoms. The van der Waals surface area contributed by atoms with Crippen LogP contribution in [0.5, 0.6) is 0 Å². The molecule has 0 aliphatic rings. The number of carbonyl (C=O) groups is 1. The smallest absolute Gasteiger partial charge is 0.253 e. The molecule has 3 N–H and O–H groups in total. The van der Waals surface area contributed by atoms with Gasteiger partial charge in [-0.15, -0.1) is 0 Å². The molecule has 0 spiro atoms. The third kappa shape index (κ3) is 9.59. The zero-order valence-corrected chi connectivity index (χ0v) is 15.5. The number of hydrogen-bond donors (Lipinski definition) is 2. The lowest BCUT2D eigenvalue weighted by atomic mass is 10.1. The third-order valence-corrected chi connectivity index (χ3v) is 4.52. The van der Waals surface area contributed by atoms with E-state index in [4.69, 9.17) is 5.73 Å². The van der Waals surface area contributed by atoms with Crippen molar-refractivity contribution < 1.29 is 4.79 Å². The summed E-state index contributed by atoms with van der Waals surface area (Å²) in [6, 6.07) is 7.22. The van der Waals surface area contributed by atoms with Crippen LogP contribution >= 0.6 is 0 Å². The number of nitrogens with two attached hydrogens (primary N) is 1. The van der Waals surface area contributed by atoms with E-state index < -0.39 is 0 Å². The minimum atomic E-state index is -0.0591. The zero-order valence-electron chi connectivity index (χ0n) is 15.5. The van der Waals surface area contributed by atoms with Gasteiger partial charge >= 0.3 is 0 Å². The van der Waals surface area contributed by atoms with Crippen molar-refractivity contribution in [3.8, 4) is 0 Å². The van der Waals surface area contributed by atoms with E-state index in [0.29, 0.717) is 11.3 Å². The summed E-state index contributed by atoms with van der Waals surface area (Å²) in [5, 5.41) is 2.96. The fourth-order valence-corrected chi connectivity index (χ4v) is 2.97. The first kappa shape index (κ1) is 20.5. The molecule has 0 aliphatic heterocycles. The van der Waals surface area contributed by atoms with Crippen LogP contribution in [0.1, 0.15) is 94.3 Å². The van der Waals surface area contributed by atoms with Crippen LogP contribution in [-0.2, 0) is 0 Å². The second-order valence-electron chi connectivity index (χ2n) is 6.73. The minimum absolute atomic E-state index is 0.0591. The zero-order chi connectivity index (χ0) is 17.5. The number of rotatable bonds is 14. The number of nitrogens with one attached hydrogen (secondary N) is 1. The van der Waals surface area contributed by atoms with E-state index in [1.807, 2.05) is 12.1 Å². The van der Waals surface area contributed by atoms with Crippen molar-refractivity contribution >= 4 is 11.6 Å². The molecule has 0 atom stereocenters. The van der Waals surface area contributed by atoms with Crippen molar-refractivity contribution in [2.45, 2.75) is 84.0 Å². The van der Waals surface area contributed by atoms with Crippen LogP contribution in [0.15, 0.2) is 24.3 Å². The van der Waals surface area contributed by atoms with Crippen molar-refractivity contribution in [1.29, 1.82) is 0 Å². The highest BCUT2D eigenvalue weighted by atomic mass is 16.1. The minimum Gasteiger partial charge on any atom is -0.398 e. The first-order valence-corrected chi connectivity index (χ1v) is 9.88. The maximum Gasteiger partial charge on any atom is 0.253 e. The Kier molecular flexibility index (Phi) is 11.9. The van der Waals surface area contributed by atoms with Gasteiger partial charge in [-0.3, -0.25) is 4.79 Å². The quantitative estimate of drug-likeness (QED) is 0.339. The van der Waals surface area contributed by atoms with Gasteiger partial charge in [-0.2, -0.15) is 0 Å². The number of benzene rings is 1. The van der Waals surface area contributed by atoms with E-state index in [9.17, 15) is 4.79 Å². The van der Waals surface area contributed by atoms with Gasteiger partial charge in [0.2, 0.25) is 0 Å². The van der Waals surface area contributed by atoms with Gasteiger partial charge in [0.05, 0.1) is 5.56 Å². The van der Waals surface area contributed by atoms with Gasteiger partial charge in [-0.25, -0.2) is 0 Å². The van der Waals surface area contributed by atoms with E-state index in [2.05, 4.69) is 12.2 Å². The number of anilines is 1. The lowest BCUT2D eigenvalue weighted by Crippen LogP contribution is -2.25. The van der Waals surface area contributed by atoms with Crippen LogP contribution in [0.25, 0.3) is 0 Å². The monoisotopic (exact) mass is 332 g/mol. The number of nitrogen functional groups attached to an aromatic ring is 1. The summed E-state index contributed by atoms with van der Waals surface area (Å²) in [6.07, 6.45) is 16.0. The van der Waals surface area contributed by atoms with Crippen molar-refractivity contribution in [2.75, 3.05) is 12.3 Å². The van der Waals surface area contributed by atoms with E-state index in [1.54, 1.807) is 12.1 Å². The molecule has 3 nitrogen and oxygen atoms in total. The van der Waals surface area contributed by atoms with E-state index in [-0.39, 0.29) is 5.91 Å². The van der Waals surface area contributed by atoms with Crippen LogP contribution in [0, 0.1) is 0 Å². The molecule has 1 aromatic carbocycles. The van der Waals surface area contributed by atoms with Crippen LogP contribution < -0.4 is 11.1 Å². The molecule has 136 valence electrons. The topological polar surface area (TPSA) is 55.1 Å². The highest BCUT2D eigenvalue weighted by Crippen LogP contribution is 2.12. The second kappa shape index (κ2) is 13.9. The van der Waals surface area contributed by atoms with Gasteiger partial charge in [-0.1, -0.05) is 89.7 Å². The maximum atomic E-state index is 12.0. The summed E-state index contributed by atoms with van der Waals surface area (Å²) in [7, 11) is 0. The molecule has 0 saturated heterocycles. The van der Waals surface area contributed by atoms with Crippen LogP contribution in [0.4, 0.5) is 5.69 Å². The lowest BCUT2D eigenvalue weighted by Gasteiger charge is -2.07. The number of unbranched alkanes of at least 4 members (excludes halogenated alkanes) is 11.